The number of nitrogens with zero attached hydrogens (tertiary/aromatic N) is 5. The number of pyridine rings is 1. The number of anilines is 2. The Balaban J connectivity index is 2.00. The maximum absolute atomic E-state index is 12.6. The van der Waals surface area contributed by atoms with Crippen molar-refractivity contribution in [3.8, 4) is 11.4 Å². The van der Waals surface area contributed by atoms with Crippen molar-refractivity contribution >= 4 is 23.9 Å². The van der Waals surface area contributed by atoms with Gasteiger partial charge in [-0.25, -0.2) is 19.7 Å². The summed E-state index contributed by atoms with van der Waals surface area (Å²) in [6.07, 6.45) is 7.23. The molecule has 0 saturated carbocycles. The third-order valence-corrected chi connectivity index (χ3v) is 3.87. The molecule has 1 aliphatic heterocycles. The molecule has 2 aromatic rings. The minimum Gasteiger partial charge on any atom is -0.384 e. The van der Waals surface area contributed by atoms with Crippen LogP contribution in [0.25, 0.3) is 11.4 Å². The van der Waals surface area contributed by atoms with Gasteiger partial charge < -0.3 is 10.2 Å². The van der Waals surface area contributed by atoms with E-state index in [2.05, 4.69) is 20.3 Å². The van der Waals surface area contributed by atoms with Crippen molar-refractivity contribution in [1.82, 2.24) is 19.9 Å². The van der Waals surface area contributed by atoms with E-state index in [-0.39, 0.29) is 11.8 Å². The number of likely N-dealkylation sites (tertiary alicyclic amines) is 1. The van der Waals surface area contributed by atoms with Gasteiger partial charge in [0.05, 0.1) is 11.9 Å². The van der Waals surface area contributed by atoms with Gasteiger partial charge in [0.15, 0.2) is 11.6 Å². The maximum atomic E-state index is 12.6. The molecular weight excluding hydrogens is 308 g/mol. The molecule has 1 N–H and O–H groups in total. The molecular formula is C16H18N6O2. The Morgan fingerprint density at radius 2 is 2.12 bits per heavy atom. The second kappa shape index (κ2) is 7.03. The first kappa shape index (κ1) is 15.9. The Morgan fingerprint density at radius 3 is 2.75 bits per heavy atom. The number of rotatable bonds is 4. The highest BCUT2D eigenvalue weighted by molar-refractivity contribution is 6.07. The quantitative estimate of drug-likeness (QED) is 0.861. The van der Waals surface area contributed by atoms with E-state index in [0.717, 1.165) is 17.7 Å². The van der Waals surface area contributed by atoms with Crippen molar-refractivity contribution in [1.29, 1.82) is 0 Å². The van der Waals surface area contributed by atoms with E-state index in [1.807, 2.05) is 6.07 Å². The summed E-state index contributed by atoms with van der Waals surface area (Å²) in [5.74, 6) is 0.636. The van der Waals surface area contributed by atoms with E-state index < -0.39 is 0 Å². The van der Waals surface area contributed by atoms with E-state index in [0.29, 0.717) is 36.6 Å². The number of amides is 3. The summed E-state index contributed by atoms with van der Waals surface area (Å²) in [5, 5.41) is 2.92. The van der Waals surface area contributed by atoms with Crippen LogP contribution in [0.1, 0.15) is 12.8 Å². The molecule has 3 rings (SSSR count). The number of hydrogen-bond donors (Lipinski definition) is 1. The van der Waals surface area contributed by atoms with Crippen molar-refractivity contribution in [2.45, 2.75) is 12.8 Å². The minimum absolute atomic E-state index is 0.234. The van der Waals surface area contributed by atoms with Crippen LogP contribution in [0.3, 0.4) is 0 Å². The van der Waals surface area contributed by atoms with Crippen molar-refractivity contribution in [2.24, 2.45) is 0 Å². The number of carbonyl (C=O) groups excluding carboxylic acids is 2. The molecule has 1 fully saturated rings. The normalized spacial score (nSPS) is 13.6. The lowest BCUT2D eigenvalue weighted by Gasteiger charge is -2.23. The van der Waals surface area contributed by atoms with Crippen LogP contribution in [0, 0.1) is 0 Å². The van der Waals surface area contributed by atoms with Crippen molar-refractivity contribution in [3.05, 3.63) is 30.7 Å². The van der Waals surface area contributed by atoms with E-state index in [1.165, 1.54) is 0 Å². The zero-order chi connectivity index (χ0) is 16.9. The van der Waals surface area contributed by atoms with Crippen molar-refractivity contribution in [3.63, 3.8) is 0 Å². The Labute approximate surface area is 139 Å². The Bertz CT molecular complexity index is 731. The van der Waals surface area contributed by atoms with Gasteiger partial charge in [0.2, 0.25) is 6.41 Å². The van der Waals surface area contributed by atoms with Gasteiger partial charge in [0.1, 0.15) is 0 Å². The predicted molar refractivity (Wildman–Crippen MR) is 89.6 cm³/mol. The fourth-order valence-electron chi connectivity index (χ4n) is 2.61. The summed E-state index contributed by atoms with van der Waals surface area (Å²) in [6, 6.07) is 3.23. The van der Waals surface area contributed by atoms with Gasteiger partial charge >= 0.3 is 6.03 Å². The molecule has 0 spiro atoms. The van der Waals surface area contributed by atoms with Crippen LogP contribution in [0.5, 0.6) is 0 Å². The summed E-state index contributed by atoms with van der Waals surface area (Å²) in [5.41, 5.74) is 1.21. The summed E-state index contributed by atoms with van der Waals surface area (Å²) in [6.45, 7) is 1.30. The first-order chi connectivity index (χ1) is 11.7. The molecule has 8 heteroatoms. The first-order valence-electron chi connectivity index (χ1n) is 7.73. The number of urea groups is 1. The van der Waals surface area contributed by atoms with Crippen LogP contribution in [-0.4, -0.2) is 52.4 Å². The minimum atomic E-state index is -0.366. The number of imide groups is 1. The van der Waals surface area contributed by atoms with E-state index in [9.17, 15) is 9.59 Å². The summed E-state index contributed by atoms with van der Waals surface area (Å²) >= 11 is 0. The monoisotopic (exact) mass is 326 g/mol. The van der Waals surface area contributed by atoms with E-state index >= 15 is 0 Å². The van der Waals surface area contributed by atoms with Crippen LogP contribution < -0.4 is 10.2 Å². The highest BCUT2D eigenvalue weighted by Gasteiger charge is 2.27. The Hall–Kier alpha value is -3.03. The van der Waals surface area contributed by atoms with Crippen LogP contribution in [0.4, 0.5) is 16.3 Å². The SMILES string of the molecule is CNc1cnc(-c2cccnc2)nc1N(C=O)C(=O)N1CCCC1. The third-order valence-electron chi connectivity index (χ3n) is 3.87. The van der Waals surface area contributed by atoms with Gasteiger partial charge in [-0.15, -0.1) is 0 Å². The van der Waals surface area contributed by atoms with E-state index in [1.54, 1.807) is 36.6 Å². The van der Waals surface area contributed by atoms with Crippen LogP contribution in [0.15, 0.2) is 30.7 Å². The van der Waals surface area contributed by atoms with Gasteiger partial charge in [0.25, 0.3) is 0 Å². The molecule has 0 unspecified atom stereocenters. The molecule has 0 radical (unpaired) electrons. The molecule has 24 heavy (non-hydrogen) atoms. The topological polar surface area (TPSA) is 91.3 Å². The lowest BCUT2D eigenvalue weighted by Crippen LogP contribution is -2.41. The lowest BCUT2D eigenvalue weighted by atomic mass is 10.2. The summed E-state index contributed by atoms with van der Waals surface area (Å²) in [4.78, 5) is 39.6. The number of aromatic nitrogens is 3. The zero-order valence-electron chi connectivity index (χ0n) is 13.3. The highest BCUT2D eigenvalue weighted by atomic mass is 16.2. The van der Waals surface area contributed by atoms with Gasteiger partial charge in [0, 0.05) is 38.1 Å². The molecule has 0 atom stereocenters. The van der Waals surface area contributed by atoms with Crippen LogP contribution in [-0.2, 0) is 4.79 Å². The number of hydrogen-bond acceptors (Lipinski definition) is 6. The molecule has 124 valence electrons. The fraction of sp³-hybridized carbons (Fsp3) is 0.312. The van der Waals surface area contributed by atoms with Gasteiger partial charge in [-0.05, 0) is 25.0 Å². The molecule has 3 amide bonds. The largest absolute Gasteiger partial charge is 0.384 e. The van der Waals surface area contributed by atoms with Gasteiger partial charge in [-0.3, -0.25) is 9.78 Å². The van der Waals surface area contributed by atoms with Crippen molar-refractivity contribution < 1.29 is 9.59 Å². The standard InChI is InChI=1S/C16H18N6O2/c1-17-13-10-19-14(12-5-4-6-18-9-12)20-15(13)22(11-23)16(24)21-7-2-3-8-21/h4-6,9-11,17H,2-3,7-8H2,1H3. The molecule has 3 heterocycles. The smallest absolute Gasteiger partial charge is 0.332 e. The molecule has 0 bridgehead atoms. The number of carbonyl (C=O) groups is 2. The van der Waals surface area contributed by atoms with E-state index in [4.69, 9.17) is 0 Å². The maximum Gasteiger partial charge on any atom is 0.332 e. The highest BCUT2D eigenvalue weighted by Crippen LogP contribution is 2.26. The third kappa shape index (κ3) is 3.03. The second-order valence-corrected chi connectivity index (χ2v) is 5.37. The van der Waals surface area contributed by atoms with Crippen LogP contribution >= 0.6 is 0 Å². The van der Waals surface area contributed by atoms with Gasteiger partial charge in [-0.2, -0.15) is 0 Å². The second-order valence-electron chi connectivity index (χ2n) is 5.37. The number of nitrogens with one attached hydrogen (secondary N) is 1. The molecule has 1 saturated heterocycles. The molecule has 0 aliphatic carbocycles. The molecule has 2 aromatic heterocycles. The fourth-order valence-corrected chi connectivity index (χ4v) is 2.61. The van der Waals surface area contributed by atoms with Crippen LogP contribution in [0.2, 0.25) is 0 Å². The van der Waals surface area contributed by atoms with Gasteiger partial charge in [-0.1, -0.05) is 0 Å². The first-order valence-corrected chi connectivity index (χ1v) is 7.73. The van der Waals surface area contributed by atoms with Crippen molar-refractivity contribution in [2.75, 3.05) is 30.4 Å². The Kier molecular flexibility index (Phi) is 4.64. The lowest BCUT2D eigenvalue weighted by molar-refractivity contribution is -0.107. The Morgan fingerprint density at radius 1 is 1.33 bits per heavy atom. The average Bonchev–Trinajstić information content (AvgIpc) is 3.17. The average molecular weight is 326 g/mol. The molecule has 1 aliphatic rings. The summed E-state index contributed by atoms with van der Waals surface area (Å²) in [7, 11) is 1.69. The molecule has 8 nitrogen and oxygen atoms in total. The molecule has 0 aromatic carbocycles. The predicted octanol–water partition coefficient (Wildman–Crippen LogP) is 1.76. The zero-order valence-corrected chi connectivity index (χ0v) is 13.3. The summed E-state index contributed by atoms with van der Waals surface area (Å²) < 4.78 is 0.